The van der Waals surface area contributed by atoms with Gasteiger partial charge in [-0.1, -0.05) is 6.07 Å². The predicted molar refractivity (Wildman–Crippen MR) is 103 cm³/mol. The van der Waals surface area contributed by atoms with Crippen LogP contribution in [0.3, 0.4) is 0 Å². The third-order valence-electron chi connectivity index (χ3n) is 4.34. The molecular formula is C17H24F3N5O4S. The Kier molecular flexibility index (Phi) is 8.03. The molecule has 1 aromatic carbocycles. The number of carbonyl (C=O) groups is 1. The monoisotopic (exact) mass is 451 g/mol. The van der Waals surface area contributed by atoms with Crippen molar-refractivity contribution in [2.24, 2.45) is 16.5 Å². The van der Waals surface area contributed by atoms with E-state index in [1.807, 2.05) is 0 Å². The maximum Gasteiger partial charge on any atom is 0.416 e. The lowest BCUT2D eigenvalue weighted by molar-refractivity contribution is -0.138. The van der Waals surface area contributed by atoms with E-state index in [1.165, 1.54) is 4.90 Å². The lowest BCUT2D eigenvalue weighted by Crippen LogP contribution is -2.51. The fourth-order valence-corrected chi connectivity index (χ4v) is 4.10. The second-order valence-corrected chi connectivity index (χ2v) is 8.30. The zero-order chi connectivity index (χ0) is 22.4. The number of aliphatic imine (C=N–C) groups is 1. The molecule has 1 aromatic rings. The summed E-state index contributed by atoms with van der Waals surface area (Å²) in [6.07, 6.45) is -4.36. The fraction of sp³-hybridized carbons (Fsp3) is 0.529. The average molecular weight is 451 g/mol. The minimum Gasteiger partial charge on any atom is -0.378 e. The van der Waals surface area contributed by atoms with E-state index in [2.05, 4.69) is 9.71 Å². The van der Waals surface area contributed by atoms with Crippen molar-refractivity contribution in [3.8, 4) is 0 Å². The molecule has 5 N–H and O–H groups in total. The highest BCUT2D eigenvalue weighted by molar-refractivity contribution is 7.89. The molecule has 1 atom stereocenters. The van der Waals surface area contributed by atoms with Crippen LogP contribution in [0.15, 0.2) is 34.2 Å². The molecule has 13 heteroatoms. The number of alkyl halides is 3. The number of nitrogens with one attached hydrogen (secondary N) is 1. The summed E-state index contributed by atoms with van der Waals surface area (Å²) in [4.78, 5) is 17.5. The van der Waals surface area contributed by atoms with Gasteiger partial charge in [0.1, 0.15) is 6.04 Å². The molecule has 0 saturated carbocycles. The molecule has 168 valence electrons. The van der Waals surface area contributed by atoms with E-state index in [-0.39, 0.29) is 38.4 Å². The summed E-state index contributed by atoms with van der Waals surface area (Å²) in [7, 11) is -4.39. The highest BCUT2D eigenvalue weighted by Crippen LogP contribution is 2.30. The molecular weight excluding hydrogens is 427 g/mol. The number of amides is 1. The normalized spacial score (nSPS) is 16.2. The topological polar surface area (TPSA) is 140 Å². The first kappa shape index (κ1) is 23.9. The molecule has 9 nitrogen and oxygen atoms in total. The molecule has 1 amide bonds. The Labute approximate surface area is 172 Å². The number of ether oxygens (including phenoxy) is 1. The molecule has 0 unspecified atom stereocenters. The van der Waals surface area contributed by atoms with E-state index in [0.29, 0.717) is 19.3 Å². The average Bonchev–Trinajstić information content (AvgIpc) is 2.69. The number of morpholine rings is 1. The Hall–Kier alpha value is -2.38. The number of sulfonamides is 1. The van der Waals surface area contributed by atoms with Crippen molar-refractivity contribution in [2.45, 2.75) is 30.0 Å². The van der Waals surface area contributed by atoms with Crippen molar-refractivity contribution < 1.29 is 31.1 Å². The van der Waals surface area contributed by atoms with Crippen molar-refractivity contribution in [2.75, 3.05) is 32.8 Å². The summed E-state index contributed by atoms with van der Waals surface area (Å²) in [6, 6.07) is 2.14. The number of rotatable bonds is 8. The Balaban J connectivity index is 2.22. The second-order valence-electron chi connectivity index (χ2n) is 6.59. The van der Waals surface area contributed by atoms with Crippen molar-refractivity contribution in [1.82, 2.24) is 9.62 Å². The van der Waals surface area contributed by atoms with E-state index in [1.54, 1.807) is 0 Å². The third kappa shape index (κ3) is 6.85. The van der Waals surface area contributed by atoms with Crippen LogP contribution in [-0.2, 0) is 25.7 Å². The zero-order valence-electron chi connectivity index (χ0n) is 16.1. The van der Waals surface area contributed by atoms with Gasteiger partial charge in [0.2, 0.25) is 15.9 Å². The van der Waals surface area contributed by atoms with Crippen LogP contribution in [0.4, 0.5) is 13.2 Å². The summed E-state index contributed by atoms with van der Waals surface area (Å²) in [5.41, 5.74) is 9.39. The number of carbonyl (C=O) groups excluding carboxylic acids is 1. The first-order valence-corrected chi connectivity index (χ1v) is 10.6. The van der Waals surface area contributed by atoms with Crippen LogP contribution >= 0.6 is 0 Å². The molecule has 0 aliphatic carbocycles. The van der Waals surface area contributed by atoms with Gasteiger partial charge >= 0.3 is 6.18 Å². The summed E-state index contributed by atoms with van der Waals surface area (Å²) in [5.74, 6) is -0.630. The maximum absolute atomic E-state index is 12.9. The van der Waals surface area contributed by atoms with Crippen LogP contribution in [0.25, 0.3) is 0 Å². The van der Waals surface area contributed by atoms with Gasteiger partial charge in [-0.25, -0.2) is 8.42 Å². The molecule has 30 heavy (non-hydrogen) atoms. The summed E-state index contributed by atoms with van der Waals surface area (Å²) in [6.45, 7) is 1.36. The molecule has 0 aromatic heterocycles. The third-order valence-corrected chi connectivity index (χ3v) is 5.80. The lowest BCUT2D eigenvalue weighted by Gasteiger charge is -2.30. The number of nitrogens with zero attached hydrogens (tertiary/aromatic N) is 2. The van der Waals surface area contributed by atoms with Crippen LogP contribution in [0.5, 0.6) is 0 Å². The molecule has 1 fully saturated rings. The first-order chi connectivity index (χ1) is 14.0. The van der Waals surface area contributed by atoms with Gasteiger partial charge in [0.05, 0.1) is 23.7 Å². The Morgan fingerprint density at radius 1 is 1.27 bits per heavy atom. The fourth-order valence-electron chi connectivity index (χ4n) is 2.84. The van der Waals surface area contributed by atoms with Crippen LogP contribution in [0.2, 0.25) is 0 Å². The van der Waals surface area contributed by atoms with Gasteiger partial charge in [0.25, 0.3) is 0 Å². The Bertz CT molecular complexity index is 866. The summed E-state index contributed by atoms with van der Waals surface area (Å²) < 4.78 is 71.7. The lowest BCUT2D eigenvalue weighted by atomic mass is 10.1. The standard InChI is InChI=1S/C17H24F3N5O4S/c18-17(19,20)12-3-1-4-13(11-12)30(27,28)24-14(5-2-6-23-16(21)22)15(26)25-7-9-29-10-8-25/h1,3-4,11,14,24H,2,5-10H2,(H4,21,22,23)/t14-/m0/s1. The molecule has 1 heterocycles. The minimum atomic E-state index is -4.70. The van der Waals surface area contributed by atoms with Gasteiger partial charge in [-0.3, -0.25) is 9.79 Å². The number of hydrogen-bond acceptors (Lipinski definition) is 5. The highest BCUT2D eigenvalue weighted by atomic mass is 32.2. The minimum absolute atomic E-state index is 0.0607. The van der Waals surface area contributed by atoms with Gasteiger partial charge in [-0.05, 0) is 31.0 Å². The Morgan fingerprint density at radius 2 is 1.93 bits per heavy atom. The molecule has 0 spiro atoms. The molecule has 1 aliphatic rings. The van der Waals surface area contributed by atoms with Gasteiger partial charge in [-0.2, -0.15) is 17.9 Å². The first-order valence-electron chi connectivity index (χ1n) is 9.12. The van der Waals surface area contributed by atoms with Crippen molar-refractivity contribution >= 4 is 21.9 Å². The largest absolute Gasteiger partial charge is 0.416 e. The molecule has 0 radical (unpaired) electrons. The van der Waals surface area contributed by atoms with Crippen molar-refractivity contribution in [3.05, 3.63) is 29.8 Å². The number of nitrogens with two attached hydrogens (primary N) is 2. The van der Waals surface area contributed by atoms with Crippen molar-refractivity contribution in [3.63, 3.8) is 0 Å². The quantitative estimate of drug-likeness (QED) is 0.294. The smallest absolute Gasteiger partial charge is 0.378 e. The number of halogens is 3. The van der Waals surface area contributed by atoms with Gasteiger partial charge < -0.3 is 21.1 Å². The van der Waals surface area contributed by atoms with E-state index in [4.69, 9.17) is 16.2 Å². The van der Waals surface area contributed by atoms with Gasteiger partial charge in [-0.15, -0.1) is 0 Å². The number of guanidine groups is 1. The molecule has 0 bridgehead atoms. The number of hydrogen-bond donors (Lipinski definition) is 3. The molecule has 2 rings (SSSR count). The van der Waals surface area contributed by atoms with Crippen LogP contribution < -0.4 is 16.2 Å². The SMILES string of the molecule is NC(N)=NCCC[C@H](NS(=O)(=O)c1cccc(C(F)(F)F)c1)C(=O)N1CCOCC1. The van der Waals surface area contributed by atoms with E-state index in [9.17, 15) is 26.4 Å². The summed E-state index contributed by atoms with van der Waals surface area (Å²) >= 11 is 0. The molecule has 1 saturated heterocycles. The van der Waals surface area contributed by atoms with Crippen LogP contribution in [0.1, 0.15) is 18.4 Å². The van der Waals surface area contributed by atoms with Crippen LogP contribution in [-0.4, -0.2) is 64.1 Å². The highest BCUT2D eigenvalue weighted by Gasteiger charge is 2.33. The molecule has 1 aliphatic heterocycles. The zero-order valence-corrected chi connectivity index (χ0v) is 16.9. The van der Waals surface area contributed by atoms with E-state index < -0.39 is 38.6 Å². The predicted octanol–water partition coefficient (Wildman–Crippen LogP) is 0.265. The van der Waals surface area contributed by atoms with Crippen molar-refractivity contribution in [1.29, 1.82) is 0 Å². The number of benzene rings is 1. The maximum atomic E-state index is 12.9. The van der Waals surface area contributed by atoms with Gasteiger partial charge in [0, 0.05) is 19.6 Å². The van der Waals surface area contributed by atoms with Gasteiger partial charge in [0.15, 0.2) is 5.96 Å². The summed E-state index contributed by atoms with van der Waals surface area (Å²) in [5, 5.41) is 0. The van der Waals surface area contributed by atoms with E-state index >= 15 is 0 Å². The van der Waals surface area contributed by atoms with Crippen LogP contribution in [0, 0.1) is 0 Å². The van der Waals surface area contributed by atoms with E-state index in [0.717, 1.165) is 18.2 Å². The second kappa shape index (κ2) is 10.1. The Morgan fingerprint density at radius 3 is 2.53 bits per heavy atom.